The molecule has 0 atom stereocenters. The SMILES string of the molecule is CC(C)(C)OC(=O)Nc1ccc(-c2ccccc2)cc1CC(=O)c1cnc2c(N3CCN(C(=O)OC(C)(C)C)CC3)c(C3CC3)ccc2c1. The summed E-state index contributed by atoms with van der Waals surface area (Å²) in [7, 11) is 0. The zero-order chi connectivity index (χ0) is 34.9. The molecule has 1 saturated heterocycles. The largest absolute Gasteiger partial charge is 0.444 e. The van der Waals surface area contributed by atoms with Gasteiger partial charge in [0.15, 0.2) is 5.78 Å². The number of piperazine rings is 1. The molecule has 9 nitrogen and oxygen atoms in total. The van der Waals surface area contributed by atoms with Crippen LogP contribution in [0, 0.1) is 0 Å². The van der Waals surface area contributed by atoms with E-state index >= 15 is 0 Å². The number of aromatic nitrogens is 1. The number of carbonyl (C=O) groups is 3. The molecule has 3 aromatic carbocycles. The van der Waals surface area contributed by atoms with E-state index in [9.17, 15) is 14.4 Å². The Labute approximate surface area is 288 Å². The lowest BCUT2D eigenvalue weighted by Crippen LogP contribution is -2.50. The van der Waals surface area contributed by atoms with Crippen LogP contribution in [0.15, 0.2) is 72.9 Å². The van der Waals surface area contributed by atoms with Gasteiger partial charge in [-0.05, 0) is 101 Å². The minimum Gasteiger partial charge on any atom is -0.444 e. The van der Waals surface area contributed by atoms with Gasteiger partial charge >= 0.3 is 12.2 Å². The maximum Gasteiger partial charge on any atom is 0.412 e. The summed E-state index contributed by atoms with van der Waals surface area (Å²) in [6, 6.07) is 21.8. The molecule has 2 heterocycles. The van der Waals surface area contributed by atoms with E-state index in [1.807, 2.05) is 96.1 Å². The number of nitrogens with zero attached hydrogens (tertiary/aromatic N) is 3. The van der Waals surface area contributed by atoms with E-state index < -0.39 is 17.3 Å². The summed E-state index contributed by atoms with van der Waals surface area (Å²) in [6.45, 7) is 13.5. The Morgan fingerprint density at radius 1 is 0.816 bits per heavy atom. The van der Waals surface area contributed by atoms with E-state index in [-0.39, 0.29) is 18.3 Å². The van der Waals surface area contributed by atoms with E-state index in [0.717, 1.165) is 40.6 Å². The molecule has 0 spiro atoms. The summed E-state index contributed by atoms with van der Waals surface area (Å²) < 4.78 is 11.1. The van der Waals surface area contributed by atoms with Gasteiger partial charge in [-0.25, -0.2) is 9.59 Å². The monoisotopic (exact) mass is 662 g/mol. The molecule has 2 aliphatic rings. The molecule has 1 aromatic heterocycles. The quantitative estimate of drug-likeness (QED) is 0.198. The molecule has 2 fully saturated rings. The number of Topliss-reactive ketones (excluding diaryl/α,β-unsaturated/α-hetero) is 1. The Balaban J connectivity index is 1.26. The number of anilines is 2. The van der Waals surface area contributed by atoms with Gasteiger partial charge in [0.25, 0.3) is 0 Å². The normalized spacial score (nSPS) is 15.2. The highest BCUT2D eigenvalue weighted by Crippen LogP contribution is 2.46. The molecular formula is C40H46N4O5. The van der Waals surface area contributed by atoms with Crippen LogP contribution < -0.4 is 10.2 Å². The smallest absolute Gasteiger partial charge is 0.412 e. The number of nitrogens with one attached hydrogen (secondary N) is 1. The van der Waals surface area contributed by atoms with Crippen LogP contribution in [0.1, 0.15) is 81.8 Å². The molecular weight excluding hydrogens is 616 g/mol. The number of ketones is 1. The van der Waals surface area contributed by atoms with Gasteiger partial charge in [0, 0.05) is 55.4 Å². The molecule has 1 saturated carbocycles. The number of fused-ring (bicyclic) bond motifs is 1. The number of amides is 2. The molecule has 6 rings (SSSR count). The minimum atomic E-state index is -0.662. The summed E-state index contributed by atoms with van der Waals surface area (Å²) in [5.74, 6) is 0.393. The first kappa shape index (κ1) is 34.0. The fourth-order valence-corrected chi connectivity index (χ4v) is 6.21. The first-order chi connectivity index (χ1) is 23.2. The van der Waals surface area contributed by atoms with Crippen LogP contribution in [0.5, 0.6) is 0 Å². The van der Waals surface area contributed by atoms with Crippen molar-refractivity contribution in [3.8, 4) is 11.1 Å². The standard InChI is InChI=1S/C40H46N4O5/c1-39(2,3)48-37(46)42-33-17-15-28(26-10-8-7-9-11-26)22-30(33)24-34(45)31-23-29-14-16-32(27-12-13-27)36(35(29)41-25-31)43-18-20-44(21-19-43)38(47)49-40(4,5)6/h7-11,14-17,22-23,25,27H,12-13,18-21,24H2,1-6H3,(H,42,46). The van der Waals surface area contributed by atoms with E-state index in [4.69, 9.17) is 14.5 Å². The van der Waals surface area contributed by atoms with Gasteiger partial charge in [0.1, 0.15) is 11.2 Å². The van der Waals surface area contributed by atoms with Crippen LogP contribution in [-0.2, 0) is 15.9 Å². The van der Waals surface area contributed by atoms with Gasteiger partial charge in [-0.2, -0.15) is 0 Å². The lowest BCUT2D eigenvalue weighted by Gasteiger charge is -2.38. The average Bonchev–Trinajstić information content (AvgIpc) is 3.89. The van der Waals surface area contributed by atoms with Crippen molar-refractivity contribution in [1.82, 2.24) is 9.88 Å². The molecule has 2 amide bonds. The zero-order valence-corrected chi connectivity index (χ0v) is 29.3. The summed E-state index contributed by atoms with van der Waals surface area (Å²) >= 11 is 0. The van der Waals surface area contributed by atoms with E-state index in [0.29, 0.717) is 48.9 Å². The van der Waals surface area contributed by atoms with Crippen molar-refractivity contribution < 1.29 is 23.9 Å². The number of ether oxygens (including phenoxy) is 2. The zero-order valence-electron chi connectivity index (χ0n) is 29.3. The highest BCUT2D eigenvalue weighted by atomic mass is 16.6. The fraction of sp³-hybridized carbons (Fsp3) is 0.400. The first-order valence-corrected chi connectivity index (χ1v) is 17.1. The molecule has 4 aromatic rings. The number of hydrogen-bond acceptors (Lipinski definition) is 7. The number of rotatable bonds is 7. The third kappa shape index (κ3) is 8.39. The lowest BCUT2D eigenvalue weighted by atomic mass is 9.96. The first-order valence-electron chi connectivity index (χ1n) is 17.1. The highest BCUT2D eigenvalue weighted by molar-refractivity contribution is 6.03. The fourth-order valence-electron chi connectivity index (χ4n) is 6.21. The average molecular weight is 663 g/mol. The van der Waals surface area contributed by atoms with Crippen molar-refractivity contribution in [3.05, 3.63) is 89.6 Å². The van der Waals surface area contributed by atoms with Gasteiger partial charge < -0.3 is 19.3 Å². The third-order valence-corrected chi connectivity index (χ3v) is 8.64. The van der Waals surface area contributed by atoms with Crippen LogP contribution in [0.4, 0.5) is 21.0 Å². The van der Waals surface area contributed by atoms with Crippen LogP contribution >= 0.6 is 0 Å². The Kier molecular flexibility index (Phi) is 9.38. The second-order valence-electron chi connectivity index (χ2n) is 15.0. The van der Waals surface area contributed by atoms with Crippen molar-refractivity contribution in [3.63, 3.8) is 0 Å². The number of hydrogen-bond donors (Lipinski definition) is 1. The van der Waals surface area contributed by atoms with Crippen molar-refractivity contribution in [2.24, 2.45) is 0 Å². The maximum absolute atomic E-state index is 13.9. The van der Waals surface area contributed by atoms with Gasteiger partial charge in [-0.1, -0.05) is 48.5 Å². The van der Waals surface area contributed by atoms with Crippen molar-refractivity contribution in [2.75, 3.05) is 36.4 Å². The van der Waals surface area contributed by atoms with Crippen LogP contribution in [0.3, 0.4) is 0 Å². The molecule has 0 bridgehead atoms. The van der Waals surface area contributed by atoms with Crippen LogP contribution in [0.2, 0.25) is 0 Å². The second kappa shape index (κ2) is 13.5. The Bertz CT molecular complexity index is 1860. The highest BCUT2D eigenvalue weighted by Gasteiger charge is 2.32. The molecule has 1 aliphatic heterocycles. The Hall–Kier alpha value is -4.92. The van der Waals surface area contributed by atoms with Crippen molar-refractivity contribution in [2.45, 2.75) is 77.9 Å². The van der Waals surface area contributed by atoms with Gasteiger partial charge in [-0.15, -0.1) is 0 Å². The van der Waals surface area contributed by atoms with Crippen molar-refractivity contribution >= 4 is 40.2 Å². The van der Waals surface area contributed by atoms with Gasteiger partial charge in [-0.3, -0.25) is 15.1 Å². The summed E-state index contributed by atoms with van der Waals surface area (Å²) in [4.78, 5) is 48.4. The lowest BCUT2D eigenvalue weighted by molar-refractivity contribution is 0.0240. The number of benzene rings is 3. The van der Waals surface area contributed by atoms with Gasteiger partial charge in [0.05, 0.1) is 11.2 Å². The molecule has 0 unspecified atom stereocenters. The van der Waals surface area contributed by atoms with E-state index in [1.54, 1.807) is 11.1 Å². The van der Waals surface area contributed by atoms with Crippen molar-refractivity contribution in [1.29, 1.82) is 0 Å². The summed E-state index contributed by atoms with van der Waals surface area (Å²) in [5, 5.41) is 3.75. The number of carbonyl (C=O) groups excluding carboxylic acids is 3. The topological polar surface area (TPSA) is 101 Å². The number of pyridine rings is 1. The minimum absolute atomic E-state index is 0.0681. The van der Waals surface area contributed by atoms with Crippen LogP contribution in [0.25, 0.3) is 22.0 Å². The predicted octanol–water partition coefficient (Wildman–Crippen LogP) is 8.61. The maximum atomic E-state index is 13.9. The Morgan fingerprint density at radius 3 is 2.16 bits per heavy atom. The molecule has 9 heteroatoms. The van der Waals surface area contributed by atoms with Crippen LogP contribution in [-0.4, -0.2) is 65.2 Å². The van der Waals surface area contributed by atoms with Gasteiger partial charge in [0.2, 0.25) is 0 Å². The molecule has 0 radical (unpaired) electrons. The third-order valence-electron chi connectivity index (χ3n) is 8.64. The summed E-state index contributed by atoms with van der Waals surface area (Å²) in [5.41, 5.74) is 5.71. The molecule has 1 aliphatic carbocycles. The summed E-state index contributed by atoms with van der Waals surface area (Å²) in [6.07, 6.45) is 3.17. The molecule has 256 valence electrons. The second-order valence-corrected chi connectivity index (χ2v) is 15.0. The Morgan fingerprint density at radius 2 is 1.51 bits per heavy atom. The molecule has 1 N–H and O–H groups in total. The predicted molar refractivity (Wildman–Crippen MR) is 194 cm³/mol. The molecule has 49 heavy (non-hydrogen) atoms. The van der Waals surface area contributed by atoms with E-state index in [2.05, 4.69) is 22.3 Å². The van der Waals surface area contributed by atoms with E-state index in [1.165, 1.54) is 5.56 Å².